The Kier molecular flexibility index (Phi) is 6.56. The molecule has 0 saturated carbocycles. The highest BCUT2D eigenvalue weighted by Crippen LogP contribution is 2.06. The normalized spacial score (nSPS) is 12.4. The summed E-state index contributed by atoms with van der Waals surface area (Å²) in [5, 5.41) is 4.36. The number of amides is 2. The largest absolute Gasteiger partial charge is 0.444 e. The number of H-pyrrole nitrogens is 1. The minimum Gasteiger partial charge on any atom is -0.444 e. The standard InChI is InChI=1S/C14H21ClN4O4/c1-8(15)12(21)16-7-10-18-9(5-11(20)19-10)6-17-13(22)23-14(2,3)4/h5,8H,6-7H2,1-4H3,(H,16,21)(H,17,22)(H,18,19,20). The van der Waals surface area contributed by atoms with Crippen molar-refractivity contribution < 1.29 is 14.3 Å². The molecule has 0 bridgehead atoms. The first kappa shape index (κ1) is 19.0. The molecule has 1 rings (SSSR count). The molecule has 1 heterocycles. The lowest BCUT2D eigenvalue weighted by atomic mass is 10.2. The highest BCUT2D eigenvalue weighted by Gasteiger charge is 2.16. The van der Waals surface area contributed by atoms with Gasteiger partial charge in [-0.25, -0.2) is 9.78 Å². The summed E-state index contributed by atoms with van der Waals surface area (Å²) >= 11 is 5.63. The highest BCUT2D eigenvalue weighted by atomic mass is 35.5. The Balaban J connectivity index is 2.65. The van der Waals surface area contributed by atoms with E-state index in [1.165, 1.54) is 13.0 Å². The number of nitrogens with zero attached hydrogens (tertiary/aromatic N) is 1. The number of aromatic nitrogens is 2. The Morgan fingerprint density at radius 2 is 2.00 bits per heavy atom. The summed E-state index contributed by atoms with van der Waals surface area (Å²) in [6, 6.07) is 1.26. The number of halogens is 1. The van der Waals surface area contributed by atoms with Crippen molar-refractivity contribution in [1.82, 2.24) is 20.6 Å². The topological polar surface area (TPSA) is 113 Å². The minimum atomic E-state index is -0.682. The van der Waals surface area contributed by atoms with E-state index in [-0.39, 0.29) is 30.4 Å². The zero-order valence-corrected chi connectivity index (χ0v) is 14.3. The number of hydrogen-bond donors (Lipinski definition) is 3. The monoisotopic (exact) mass is 344 g/mol. The van der Waals surface area contributed by atoms with Crippen molar-refractivity contribution in [3.8, 4) is 0 Å². The maximum absolute atomic E-state index is 11.6. The van der Waals surface area contributed by atoms with Gasteiger partial charge in [-0.05, 0) is 27.7 Å². The first-order chi connectivity index (χ1) is 10.6. The van der Waals surface area contributed by atoms with Crippen molar-refractivity contribution in [1.29, 1.82) is 0 Å². The van der Waals surface area contributed by atoms with Gasteiger partial charge in [0.15, 0.2) is 0 Å². The van der Waals surface area contributed by atoms with Crippen LogP contribution in [0.3, 0.4) is 0 Å². The number of alkyl carbamates (subject to hydrolysis) is 1. The second kappa shape index (κ2) is 7.96. The SMILES string of the molecule is CC(Cl)C(=O)NCc1nc(CNC(=O)OC(C)(C)C)cc(=O)[nH]1. The van der Waals surface area contributed by atoms with Crippen molar-refractivity contribution in [3.05, 3.63) is 27.9 Å². The number of carbonyl (C=O) groups excluding carboxylic acids is 2. The van der Waals surface area contributed by atoms with E-state index >= 15 is 0 Å². The van der Waals surface area contributed by atoms with E-state index in [1.807, 2.05) is 0 Å². The van der Waals surface area contributed by atoms with Crippen LogP contribution >= 0.6 is 11.6 Å². The van der Waals surface area contributed by atoms with Gasteiger partial charge < -0.3 is 20.4 Å². The molecule has 0 fully saturated rings. The smallest absolute Gasteiger partial charge is 0.407 e. The van der Waals surface area contributed by atoms with E-state index in [0.29, 0.717) is 5.69 Å². The average molecular weight is 345 g/mol. The summed E-state index contributed by atoms with van der Waals surface area (Å²) in [6.45, 7) is 6.84. The summed E-state index contributed by atoms with van der Waals surface area (Å²) in [5.41, 5.74) is -0.647. The molecule has 0 spiro atoms. The lowest BCUT2D eigenvalue weighted by molar-refractivity contribution is -0.120. The number of aromatic amines is 1. The molecule has 23 heavy (non-hydrogen) atoms. The van der Waals surface area contributed by atoms with Crippen LogP contribution in [-0.4, -0.2) is 32.9 Å². The molecule has 2 amide bonds. The summed E-state index contributed by atoms with van der Waals surface area (Å²) in [7, 11) is 0. The molecule has 1 atom stereocenters. The molecule has 0 aliphatic carbocycles. The van der Waals surface area contributed by atoms with E-state index in [2.05, 4.69) is 20.6 Å². The zero-order chi connectivity index (χ0) is 17.6. The van der Waals surface area contributed by atoms with Crippen LogP contribution < -0.4 is 16.2 Å². The molecule has 8 nitrogen and oxygen atoms in total. The Morgan fingerprint density at radius 1 is 1.35 bits per heavy atom. The van der Waals surface area contributed by atoms with Crippen LogP contribution in [0.2, 0.25) is 0 Å². The van der Waals surface area contributed by atoms with Crippen LogP contribution in [0, 0.1) is 0 Å². The van der Waals surface area contributed by atoms with Gasteiger partial charge in [0.2, 0.25) is 5.91 Å². The van der Waals surface area contributed by atoms with E-state index in [9.17, 15) is 14.4 Å². The lowest BCUT2D eigenvalue weighted by Crippen LogP contribution is -2.33. The molecule has 1 unspecified atom stereocenters. The second-order valence-corrected chi connectivity index (χ2v) is 6.53. The van der Waals surface area contributed by atoms with Crippen molar-refractivity contribution >= 4 is 23.6 Å². The van der Waals surface area contributed by atoms with E-state index in [0.717, 1.165) is 0 Å². The molecule has 0 aromatic carbocycles. The number of hydrogen-bond acceptors (Lipinski definition) is 5. The van der Waals surface area contributed by atoms with Gasteiger partial charge >= 0.3 is 6.09 Å². The predicted molar refractivity (Wildman–Crippen MR) is 85.1 cm³/mol. The molecule has 3 N–H and O–H groups in total. The molecule has 1 aromatic heterocycles. The lowest BCUT2D eigenvalue weighted by Gasteiger charge is -2.19. The maximum atomic E-state index is 11.6. The Morgan fingerprint density at radius 3 is 2.57 bits per heavy atom. The maximum Gasteiger partial charge on any atom is 0.407 e. The fourth-order valence-corrected chi connectivity index (χ4v) is 1.60. The van der Waals surface area contributed by atoms with E-state index in [1.54, 1.807) is 20.8 Å². The number of rotatable bonds is 5. The fourth-order valence-electron chi connectivity index (χ4n) is 1.53. The fraction of sp³-hybridized carbons (Fsp3) is 0.571. The Hall–Kier alpha value is -2.09. The third-order valence-corrected chi connectivity index (χ3v) is 2.65. The summed E-state index contributed by atoms with van der Waals surface area (Å²) in [5.74, 6) is -0.101. The van der Waals surface area contributed by atoms with Crippen molar-refractivity contribution in [2.45, 2.75) is 51.8 Å². The molecule has 1 aromatic rings. The number of carbonyl (C=O) groups is 2. The number of ether oxygens (including phenoxy) is 1. The summed E-state index contributed by atoms with van der Waals surface area (Å²) in [6.07, 6.45) is -0.606. The van der Waals surface area contributed by atoms with Gasteiger partial charge in [-0.15, -0.1) is 11.6 Å². The van der Waals surface area contributed by atoms with Crippen LogP contribution in [-0.2, 0) is 22.6 Å². The van der Waals surface area contributed by atoms with Crippen LogP contribution in [0.25, 0.3) is 0 Å². The molecule has 0 aliphatic rings. The van der Waals surface area contributed by atoms with Gasteiger partial charge in [-0.3, -0.25) is 9.59 Å². The van der Waals surface area contributed by atoms with Gasteiger partial charge in [0.05, 0.1) is 18.8 Å². The summed E-state index contributed by atoms with van der Waals surface area (Å²) in [4.78, 5) is 41.2. The Labute approximate surface area is 139 Å². The van der Waals surface area contributed by atoms with Crippen LogP contribution in [0.1, 0.15) is 39.2 Å². The third kappa shape index (κ3) is 7.64. The predicted octanol–water partition coefficient (Wildman–Crippen LogP) is 1.04. The molecule has 0 radical (unpaired) electrons. The van der Waals surface area contributed by atoms with Gasteiger partial charge in [0.25, 0.3) is 5.56 Å². The molecule has 0 aliphatic heterocycles. The number of alkyl halides is 1. The van der Waals surface area contributed by atoms with Gasteiger partial charge in [-0.2, -0.15) is 0 Å². The second-order valence-electron chi connectivity index (χ2n) is 5.87. The van der Waals surface area contributed by atoms with Crippen molar-refractivity contribution in [2.24, 2.45) is 0 Å². The van der Waals surface area contributed by atoms with Crippen LogP contribution in [0.5, 0.6) is 0 Å². The molecule has 128 valence electrons. The Bertz CT molecular complexity index is 622. The number of nitrogens with one attached hydrogen (secondary N) is 3. The van der Waals surface area contributed by atoms with Crippen molar-refractivity contribution in [2.75, 3.05) is 0 Å². The quantitative estimate of drug-likeness (QED) is 0.691. The molecule has 0 saturated heterocycles. The van der Waals surface area contributed by atoms with Crippen molar-refractivity contribution in [3.63, 3.8) is 0 Å². The minimum absolute atomic E-state index is 0.0331. The van der Waals surface area contributed by atoms with Crippen LogP contribution in [0.15, 0.2) is 10.9 Å². The molecular formula is C14H21ClN4O4. The van der Waals surface area contributed by atoms with Gasteiger partial charge in [0, 0.05) is 6.07 Å². The van der Waals surface area contributed by atoms with Gasteiger partial charge in [-0.1, -0.05) is 0 Å². The molecule has 9 heteroatoms. The zero-order valence-electron chi connectivity index (χ0n) is 13.5. The first-order valence-electron chi connectivity index (χ1n) is 7.04. The first-order valence-corrected chi connectivity index (χ1v) is 7.48. The highest BCUT2D eigenvalue weighted by molar-refractivity contribution is 6.30. The van der Waals surface area contributed by atoms with E-state index in [4.69, 9.17) is 16.3 Å². The summed E-state index contributed by atoms with van der Waals surface area (Å²) < 4.78 is 5.09. The average Bonchev–Trinajstić information content (AvgIpc) is 2.40. The molecular weight excluding hydrogens is 324 g/mol. The van der Waals surface area contributed by atoms with Gasteiger partial charge in [0.1, 0.15) is 16.8 Å². The van der Waals surface area contributed by atoms with Crippen LogP contribution in [0.4, 0.5) is 4.79 Å². The van der Waals surface area contributed by atoms with E-state index < -0.39 is 17.1 Å². The third-order valence-electron chi connectivity index (χ3n) is 2.45.